The van der Waals surface area contributed by atoms with Crippen molar-refractivity contribution in [3.63, 3.8) is 0 Å². The lowest BCUT2D eigenvalue weighted by molar-refractivity contribution is 0.0554. The lowest BCUT2D eigenvalue weighted by atomic mass is 10.1. The molecule has 1 rings (SSSR count). The number of carbonyl (C=O) groups is 2. The van der Waals surface area contributed by atoms with Gasteiger partial charge >= 0.3 is 11.9 Å². The summed E-state index contributed by atoms with van der Waals surface area (Å²) in [6, 6.07) is 2.20. The van der Waals surface area contributed by atoms with Gasteiger partial charge in [-0.05, 0) is 34.7 Å². The molecule has 1 aromatic rings. The summed E-state index contributed by atoms with van der Waals surface area (Å²) in [4.78, 5) is 22.7. The minimum absolute atomic E-state index is 0.0137. The maximum Gasteiger partial charge on any atom is 0.338 e. The predicted molar refractivity (Wildman–Crippen MR) is 61.8 cm³/mol. The predicted octanol–water partition coefficient (Wildman–Crippen LogP) is 2.00. The standard InChI is InChI=1S/C10H8FIO4/c1-15-9(13)5-3-7(11)8(12)4-6(5)10(14)16-2/h3-4H,1-2H3. The molecule has 16 heavy (non-hydrogen) atoms. The Labute approximate surface area is 105 Å². The summed E-state index contributed by atoms with van der Waals surface area (Å²) in [6.45, 7) is 0. The van der Waals surface area contributed by atoms with Crippen LogP contribution in [-0.4, -0.2) is 26.2 Å². The first kappa shape index (κ1) is 12.9. The summed E-state index contributed by atoms with van der Waals surface area (Å²) in [7, 11) is 2.33. The number of rotatable bonds is 2. The molecular formula is C10H8FIO4. The van der Waals surface area contributed by atoms with E-state index >= 15 is 0 Å². The summed E-state index contributed by atoms with van der Waals surface area (Å²) < 4.78 is 22.4. The van der Waals surface area contributed by atoms with E-state index in [-0.39, 0.29) is 14.7 Å². The molecule has 1 aromatic carbocycles. The second kappa shape index (κ2) is 5.24. The van der Waals surface area contributed by atoms with E-state index in [1.54, 1.807) is 22.6 Å². The number of hydrogen-bond donors (Lipinski definition) is 0. The normalized spacial score (nSPS) is 9.75. The monoisotopic (exact) mass is 338 g/mol. The third-order valence-corrected chi connectivity index (χ3v) is 2.70. The maximum atomic E-state index is 13.3. The van der Waals surface area contributed by atoms with E-state index in [0.29, 0.717) is 0 Å². The number of esters is 2. The second-order valence-electron chi connectivity index (χ2n) is 2.80. The molecule has 0 aliphatic heterocycles. The molecule has 0 unspecified atom stereocenters. The van der Waals surface area contributed by atoms with Crippen molar-refractivity contribution >= 4 is 34.5 Å². The quantitative estimate of drug-likeness (QED) is 0.612. The summed E-state index contributed by atoms with van der Waals surface area (Å²) in [5.41, 5.74) is -0.160. The Bertz CT molecular complexity index is 404. The van der Waals surface area contributed by atoms with E-state index in [9.17, 15) is 14.0 Å². The number of methoxy groups -OCH3 is 2. The van der Waals surface area contributed by atoms with E-state index < -0.39 is 17.8 Å². The Balaban J connectivity index is 3.38. The molecule has 0 fully saturated rings. The minimum atomic E-state index is -0.782. The van der Waals surface area contributed by atoms with Crippen molar-refractivity contribution < 1.29 is 23.5 Å². The van der Waals surface area contributed by atoms with Gasteiger partial charge in [-0.25, -0.2) is 14.0 Å². The highest BCUT2D eigenvalue weighted by atomic mass is 127. The van der Waals surface area contributed by atoms with Crippen molar-refractivity contribution in [2.75, 3.05) is 14.2 Å². The molecule has 4 nitrogen and oxygen atoms in total. The summed E-state index contributed by atoms with van der Waals surface area (Å²) >= 11 is 1.72. The lowest BCUT2D eigenvalue weighted by Gasteiger charge is -2.07. The molecule has 0 atom stereocenters. The molecule has 0 aliphatic carbocycles. The number of hydrogen-bond acceptors (Lipinski definition) is 4. The molecule has 6 heteroatoms. The van der Waals surface area contributed by atoms with E-state index in [4.69, 9.17) is 0 Å². The first-order valence-corrected chi connectivity index (χ1v) is 5.24. The van der Waals surface area contributed by atoms with Crippen LogP contribution in [0.15, 0.2) is 12.1 Å². The molecule has 0 bridgehead atoms. The van der Waals surface area contributed by atoms with Gasteiger partial charge in [0.2, 0.25) is 0 Å². The van der Waals surface area contributed by atoms with E-state index in [2.05, 4.69) is 9.47 Å². The number of ether oxygens (including phenoxy) is 2. The zero-order valence-electron chi connectivity index (χ0n) is 8.54. The van der Waals surface area contributed by atoms with Gasteiger partial charge in [0.15, 0.2) is 0 Å². The fourth-order valence-corrected chi connectivity index (χ4v) is 1.57. The van der Waals surface area contributed by atoms with Gasteiger partial charge in [-0.2, -0.15) is 0 Å². The fraction of sp³-hybridized carbons (Fsp3) is 0.200. The first-order valence-electron chi connectivity index (χ1n) is 4.17. The molecule has 0 amide bonds. The first-order chi connectivity index (χ1) is 7.51. The third-order valence-electron chi connectivity index (χ3n) is 1.87. The van der Waals surface area contributed by atoms with Gasteiger partial charge in [0.25, 0.3) is 0 Å². The topological polar surface area (TPSA) is 52.6 Å². The molecule has 0 saturated carbocycles. The van der Waals surface area contributed by atoms with Crippen LogP contribution in [-0.2, 0) is 9.47 Å². The highest BCUT2D eigenvalue weighted by Crippen LogP contribution is 2.19. The van der Waals surface area contributed by atoms with Crippen molar-refractivity contribution in [1.29, 1.82) is 0 Å². The average Bonchev–Trinajstić information content (AvgIpc) is 2.30. The van der Waals surface area contributed by atoms with E-state index in [1.165, 1.54) is 13.2 Å². The molecular weight excluding hydrogens is 330 g/mol. The van der Waals surface area contributed by atoms with Gasteiger partial charge < -0.3 is 9.47 Å². The SMILES string of the molecule is COC(=O)c1cc(F)c(I)cc1C(=O)OC. The highest BCUT2D eigenvalue weighted by Gasteiger charge is 2.20. The molecule has 0 aliphatic rings. The van der Waals surface area contributed by atoms with Crippen LogP contribution in [0.5, 0.6) is 0 Å². The highest BCUT2D eigenvalue weighted by molar-refractivity contribution is 14.1. The van der Waals surface area contributed by atoms with E-state index in [0.717, 1.165) is 13.2 Å². The molecule has 86 valence electrons. The van der Waals surface area contributed by atoms with Crippen LogP contribution in [0.4, 0.5) is 4.39 Å². The van der Waals surface area contributed by atoms with Gasteiger partial charge in [-0.3, -0.25) is 0 Å². The number of halogens is 2. The Kier molecular flexibility index (Phi) is 4.22. The van der Waals surface area contributed by atoms with Crippen molar-refractivity contribution in [1.82, 2.24) is 0 Å². The third kappa shape index (κ3) is 2.49. The maximum absolute atomic E-state index is 13.3. The average molecular weight is 338 g/mol. The largest absolute Gasteiger partial charge is 0.465 e. The molecule has 0 N–H and O–H groups in total. The minimum Gasteiger partial charge on any atom is -0.465 e. The zero-order chi connectivity index (χ0) is 12.3. The van der Waals surface area contributed by atoms with Crippen LogP contribution in [0, 0.1) is 9.39 Å². The molecule has 0 radical (unpaired) electrons. The van der Waals surface area contributed by atoms with Crippen molar-refractivity contribution in [2.24, 2.45) is 0 Å². The van der Waals surface area contributed by atoms with Gasteiger partial charge in [0, 0.05) is 3.57 Å². The fourth-order valence-electron chi connectivity index (χ4n) is 1.10. The Morgan fingerprint density at radius 1 is 1.12 bits per heavy atom. The molecule has 0 spiro atoms. The summed E-state index contributed by atoms with van der Waals surface area (Å²) in [6.07, 6.45) is 0. The Hall–Kier alpha value is -1.18. The van der Waals surface area contributed by atoms with Gasteiger partial charge in [0.1, 0.15) is 5.82 Å². The van der Waals surface area contributed by atoms with Crippen molar-refractivity contribution in [3.05, 3.63) is 32.6 Å². The van der Waals surface area contributed by atoms with E-state index in [1.807, 2.05) is 0 Å². The summed E-state index contributed by atoms with van der Waals surface area (Å²) in [5, 5.41) is 0. The smallest absolute Gasteiger partial charge is 0.338 e. The van der Waals surface area contributed by atoms with Crippen LogP contribution >= 0.6 is 22.6 Å². The van der Waals surface area contributed by atoms with Crippen LogP contribution in [0.1, 0.15) is 20.7 Å². The van der Waals surface area contributed by atoms with Crippen molar-refractivity contribution in [2.45, 2.75) is 0 Å². The van der Waals surface area contributed by atoms with Gasteiger partial charge in [-0.1, -0.05) is 0 Å². The Morgan fingerprint density at radius 2 is 1.56 bits per heavy atom. The second-order valence-corrected chi connectivity index (χ2v) is 3.96. The van der Waals surface area contributed by atoms with Crippen LogP contribution in [0.2, 0.25) is 0 Å². The molecule has 0 aromatic heterocycles. The van der Waals surface area contributed by atoms with Gasteiger partial charge in [0.05, 0.1) is 25.3 Å². The van der Waals surface area contributed by atoms with Crippen LogP contribution < -0.4 is 0 Å². The van der Waals surface area contributed by atoms with Crippen LogP contribution in [0.25, 0.3) is 0 Å². The number of benzene rings is 1. The summed E-state index contributed by atoms with van der Waals surface area (Å²) in [5.74, 6) is -2.08. The Morgan fingerprint density at radius 3 is 2.00 bits per heavy atom. The zero-order valence-corrected chi connectivity index (χ0v) is 10.7. The molecule has 0 saturated heterocycles. The molecule has 0 heterocycles. The van der Waals surface area contributed by atoms with Crippen molar-refractivity contribution in [3.8, 4) is 0 Å². The van der Waals surface area contributed by atoms with Crippen LogP contribution in [0.3, 0.4) is 0 Å². The van der Waals surface area contributed by atoms with Gasteiger partial charge in [-0.15, -0.1) is 0 Å². The number of carbonyl (C=O) groups excluding carboxylic acids is 2. The lowest BCUT2D eigenvalue weighted by Crippen LogP contribution is -2.13.